The normalized spacial score (nSPS) is 14.1. The zero-order chi connectivity index (χ0) is 21.2. The highest BCUT2D eigenvalue weighted by Crippen LogP contribution is 2.27. The first-order valence-electron chi connectivity index (χ1n) is 8.57. The Morgan fingerprint density at radius 2 is 1.83 bits per heavy atom. The molecule has 1 N–H and O–H groups in total. The molecule has 0 saturated heterocycles. The van der Waals surface area contributed by atoms with Crippen LogP contribution in [0.4, 0.5) is 18.9 Å². The van der Waals surface area contributed by atoms with E-state index in [2.05, 4.69) is 4.72 Å². The van der Waals surface area contributed by atoms with E-state index in [1.165, 1.54) is 24.3 Å². The lowest BCUT2D eigenvalue weighted by atomic mass is 10.00. The number of amides is 1. The second-order valence-electron chi connectivity index (χ2n) is 6.54. The molecule has 1 aliphatic rings. The summed E-state index contributed by atoms with van der Waals surface area (Å²) in [4.78, 5) is 12.0. The van der Waals surface area contributed by atoms with Crippen molar-refractivity contribution in [1.29, 1.82) is 5.26 Å². The first-order chi connectivity index (χ1) is 13.6. The quantitative estimate of drug-likeness (QED) is 0.819. The van der Waals surface area contributed by atoms with Crippen molar-refractivity contribution in [3.05, 3.63) is 59.2 Å². The molecule has 0 unspecified atom stereocenters. The molecule has 0 aromatic heterocycles. The topological polar surface area (TPSA) is 90.3 Å². The molecular weight excluding hydrogens is 407 g/mol. The Morgan fingerprint density at radius 1 is 1.14 bits per heavy atom. The average molecular weight is 423 g/mol. The number of nitrogens with zero attached hydrogens (tertiary/aromatic N) is 2. The molecule has 2 aromatic carbocycles. The number of hydrogen-bond donors (Lipinski definition) is 1. The molecule has 29 heavy (non-hydrogen) atoms. The molecule has 3 rings (SSSR count). The summed E-state index contributed by atoms with van der Waals surface area (Å²) < 4.78 is 65.7. The maximum atomic E-state index is 12.7. The Balaban J connectivity index is 1.81. The number of anilines is 1. The largest absolute Gasteiger partial charge is 0.471 e. The van der Waals surface area contributed by atoms with Crippen LogP contribution in [-0.2, 0) is 34.2 Å². The van der Waals surface area contributed by atoms with E-state index < -0.39 is 22.1 Å². The second-order valence-corrected chi connectivity index (χ2v) is 8.22. The Kier molecular flexibility index (Phi) is 5.53. The molecule has 1 heterocycles. The van der Waals surface area contributed by atoms with Crippen LogP contribution < -0.4 is 4.72 Å². The highest BCUT2D eigenvalue weighted by Gasteiger charge is 2.43. The van der Waals surface area contributed by atoms with Gasteiger partial charge in [0.25, 0.3) is 10.0 Å². The van der Waals surface area contributed by atoms with Gasteiger partial charge in [0, 0.05) is 18.8 Å². The van der Waals surface area contributed by atoms with Crippen LogP contribution in [0.15, 0.2) is 47.4 Å². The molecule has 0 saturated carbocycles. The second kappa shape index (κ2) is 7.75. The number of carbonyl (C=O) groups is 1. The molecule has 0 bridgehead atoms. The Bertz CT molecular complexity index is 1070. The zero-order valence-corrected chi connectivity index (χ0v) is 15.8. The molecule has 0 atom stereocenters. The van der Waals surface area contributed by atoms with Gasteiger partial charge in [0.2, 0.25) is 0 Å². The van der Waals surface area contributed by atoms with Crippen molar-refractivity contribution < 1.29 is 26.4 Å². The van der Waals surface area contributed by atoms with Crippen molar-refractivity contribution >= 4 is 21.6 Å². The Hall–Kier alpha value is -3.06. The van der Waals surface area contributed by atoms with Crippen LogP contribution in [0.3, 0.4) is 0 Å². The van der Waals surface area contributed by atoms with Crippen molar-refractivity contribution in [3.63, 3.8) is 0 Å². The van der Waals surface area contributed by atoms with Gasteiger partial charge in [-0.2, -0.15) is 18.4 Å². The molecule has 0 radical (unpaired) electrons. The Labute approximate surface area is 165 Å². The molecule has 2 aromatic rings. The summed E-state index contributed by atoms with van der Waals surface area (Å²) in [5, 5.41) is 8.67. The van der Waals surface area contributed by atoms with Crippen LogP contribution in [-0.4, -0.2) is 31.9 Å². The van der Waals surface area contributed by atoms with E-state index in [1.807, 2.05) is 6.07 Å². The molecule has 0 spiro atoms. The predicted octanol–water partition coefficient (Wildman–Crippen LogP) is 3.00. The third-order valence-corrected chi connectivity index (χ3v) is 5.90. The summed E-state index contributed by atoms with van der Waals surface area (Å²) in [6.07, 6.45) is -4.56. The van der Waals surface area contributed by atoms with Gasteiger partial charge in [0.15, 0.2) is 0 Å². The third-order valence-electron chi connectivity index (χ3n) is 4.52. The summed E-state index contributed by atoms with van der Waals surface area (Å²) in [6.45, 7) is -0.384. The highest BCUT2D eigenvalue weighted by atomic mass is 32.2. The van der Waals surface area contributed by atoms with E-state index in [9.17, 15) is 26.4 Å². The molecule has 6 nitrogen and oxygen atoms in total. The lowest BCUT2D eigenvalue weighted by Crippen LogP contribution is -2.43. The molecular formula is C19H16F3N3O3S. The van der Waals surface area contributed by atoms with Crippen molar-refractivity contribution in [1.82, 2.24) is 4.90 Å². The van der Waals surface area contributed by atoms with E-state index in [0.717, 1.165) is 5.56 Å². The van der Waals surface area contributed by atoms with Crippen LogP contribution in [0, 0.1) is 11.3 Å². The first-order valence-corrected chi connectivity index (χ1v) is 10.0. The maximum absolute atomic E-state index is 12.7. The number of sulfonamides is 1. The number of alkyl halides is 3. The molecule has 1 amide bonds. The highest BCUT2D eigenvalue weighted by molar-refractivity contribution is 7.92. The summed E-state index contributed by atoms with van der Waals surface area (Å²) in [7, 11) is -3.98. The van der Waals surface area contributed by atoms with E-state index in [0.29, 0.717) is 21.7 Å². The molecule has 10 heteroatoms. The van der Waals surface area contributed by atoms with Gasteiger partial charge in [-0.15, -0.1) is 0 Å². The van der Waals surface area contributed by atoms with Crippen molar-refractivity contribution in [2.24, 2.45) is 0 Å². The molecule has 1 aliphatic heterocycles. The number of carbonyl (C=O) groups excluding carboxylic acids is 1. The fraction of sp³-hybridized carbons (Fsp3) is 0.263. The van der Waals surface area contributed by atoms with Crippen LogP contribution in [0.1, 0.15) is 16.7 Å². The van der Waals surface area contributed by atoms with E-state index in [-0.39, 0.29) is 30.8 Å². The monoisotopic (exact) mass is 423 g/mol. The summed E-state index contributed by atoms with van der Waals surface area (Å²) in [5.74, 6) is -1.94. The lowest BCUT2D eigenvalue weighted by Gasteiger charge is -2.29. The number of nitrogens with one attached hydrogen (secondary N) is 1. The van der Waals surface area contributed by atoms with Gasteiger partial charge in [-0.05, 0) is 47.4 Å². The fourth-order valence-corrected chi connectivity index (χ4v) is 4.16. The van der Waals surface area contributed by atoms with E-state index >= 15 is 0 Å². The number of halogens is 3. The lowest BCUT2D eigenvalue weighted by molar-refractivity contribution is -0.186. The number of nitriles is 1. The Morgan fingerprint density at radius 3 is 2.45 bits per heavy atom. The van der Waals surface area contributed by atoms with Crippen LogP contribution in [0.25, 0.3) is 0 Å². The number of benzene rings is 2. The van der Waals surface area contributed by atoms with Crippen LogP contribution >= 0.6 is 0 Å². The summed E-state index contributed by atoms with van der Waals surface area (Å²) in [6, 6.07) is 12.5. The number of hydrogen-bond acceptors (Lipinski definition) is 4. The van der Waals surface area contributed by atoms with Crippen molar-refractivity contribution in [3.8, 4) is 6.07 Å². The predicted molar refractivity (Wildman–Crippen MR) is 98.2 cm³/mol. The first kappa shape index (κ1) is 20.7. The van der Waals surface area contributed by atoms with Gasteiger partial charge in [-0.3, -0.25) is 9.52 Å². The number of rotatable bonds is 4. The molecule has 152 valence electrons. The minimum absolute atomic E-state index is 0.0786. The minimum Gasteiger partial charge on any atom is -0.330 e. The standard InChI is InChI=1S/C19H16F3N3O3S/c20-19(21,22)18(26)25-10-8-14-3-6-17(11-15(14)12-25)29(27,28)24-16-4-1-13(2-5-16)7-9-23/h1-6,11,24H,7-8,10,12H2. The maximum Gasteiger partial charge on any atom is 0.471 e. The third kappa shape index (κ3) is 4.68. The van der Waals surface area contributed by atoms with Gasteiger partial charge < -0.3 is 4.90 Å². The van der Waals surface area contributed by atoms with Gasteiger partial charge in [-0.1, -0.05) is 18.2 Å². The van der Waals surface area contributed by atoms with Gasteiger partial charge in [-0.25, -0.2) is 8.42 Å². The number of fused-ring (bicyclic) bond motifs is 1. The van der Waals surface area contributed by atoms with Gasteiger partial charge in [0.1, 0.15) is 0 Å². The summed E-state index contributed by atoms with van der Waals surface area (Å²) in [5.41, 5.74) is 2.09. The smallest absolute Gasteiger partial charge is 0.330 e. The van der Waals surface area contributed by atoms with E-state index in [1.54, 1.807) is 18.2 Å². The molecule has 0 fully saturated rings. The van der Waals surface area contributed by atoms with Crippen LogP contribution in [0.5, 0.6) is 0 Å². The minimum atomic E-state index is -4.97. The summed E-state index contributed by atoms with van der Waals surface area (Å²) >= 11 is 0. The average Bonchev–Trinajstić information content (AvgIpc) is 2.67. The van der Waals surface area contributed by atoms with Crippen LogP contribution in [0.2, 0.25) is 0 Å². The zero-order valence-electron chi connectivity index (χ0n) is 15.0. The van der Waals surface area contributed by atoms with Crippen molar-refractivity contribution in [2.75, 3.05) is 11.3 Å². The SMILES string of the molecule is N#CCc1ccc(NS(=O)(=O)c2ccc3c(c2)CN(C(=O)C(F)(F)F)CC3)cc1. The van der Waals surface area contributed by atoms with Crippen molar-refractivity contribution in [2.45, 2.75) is 30.5 Å². The van der Waals surface area contributed by atoms with Gasteiger partial charge >= 0.3 is 12.1 Å². The molecule has 0 aliphatic carbocycles. The van der Waals surface area contributed by atoms with E-state index in [4.69, 9.17) is 5.26 Å². The van der Waals surface area contributed by atoms with Gasteiger partial charge in [0.05, 0.1) is 17.4 Å². The fourth-order valence-electron chi connectivity index (χ4n) is 3.05.